The van der Waals surface area contributed by atoms with Crippen LogP contribution in [-0.2, 0) is 0 Å². The molecule has 2 heteroatoms. The molecular formula is C14H23NO. The van der Waals surface area contributed by atoms with Crippen LogP contribution in [0.25, 0.3) is 0 Å². The molecule has 1 atom stereocenters. The first kappa shape index (κ1) is 11.7. The molecule has 0 bridgehead atoms. The predicted molar refractivity (Wildman–Crippen MR) is 66.3 cm³/mol. The van der Waals surface area contributed by atoms with Crippen LogP contribution < -0.4 is 5.32 Å². The normalized spacial score (nSPS) is 19.1. The van der Waals surface area contributed by atoms with Crippen LogP contribution >= 0.6 is 0 Å². The summed E-state index contributed by atoms with van der Waals surface area (Å²) >= 11 is 0. The van der Waals surface area contributed by atoms with Crippen molar-refractivity contribution in [3.8, 4) is 0 Å². The zero-order valence-electron chi connectivity index (χ0n) is 10.2. The van der Waals surface area contributed by atoms with Gasteiger partial charge in [0.2, 0.25) is 0 Å². The van der Waals surface area contributed by atoms with Gasteiger partial charge in [0, 0.05) is 0 Å². The fraction of sp³-hybridized carbons (Fsp3) is 0.714. The first-order valence-corrected chi connectivity index (χ1v) is 6.63. The lowest BCUT2D eigenvalue weighted by atomic mass is 10.0. The smallest absolute Gasteiger partial charge is 0.120 e. The van der Waals surface area contributed by atoms with Crippen LogP contribution in [0.15, 0.2) is 22.8 Å². The predicted octanol–water partition coefficient (Wildman–Crippen LogP) is 3.90. The molecule has 16 heavy (non-hydrogen) atoms. The van der Waals surface area contributed by atoms with Gasteiger partial charge in [0.25, 0.3) is 0 Å². The maximum absolute atomic E-state index is 5.36. The standard InChI is InChI=1S/C14H23NO/c1-12(14-9-5-11-16-14)15-10-4-8-13-6-2-3-7-13/h5,9,11-13,15H,2-4,6-8,10H2,1H3. The number of hydrogen-bond donors (Lipinski definition) is 1. The Morgan fingerprint density at radius 2 is 2.25 bits per heavy atom. The van der Waals surface area contributed by atoms with Crippen molar-refractivity contribution in [1.29, 1.82) is 0 Å². The maximum atomic E-state index is 5.36. The van der Waals surface area contributed by atoms with E-state index < -0.39 is 0 Å². The molecule has 0 amide bonds. The molecule has 0 aliphatic heterocycles. The Kier molecular flexibility index (Phi) is 4.46. The fourth-order valence-electron chi connectivity index (χ4n) is 2.65. The average Bonchev–Trinajstić information content (AvgIpc) is 2.96. The van der Waals surface area contributed by atoms with Crippen LogP contribution in [0.1, 0.15) is 57.3 Å². The Balaban J connectivity index is 1.57. The van der Waals surface area contributed by atoms with Gasteiger partial charge in [-0.1, -0.05) is 25.7 Å². The van der Waals surface area contributed by atoms with Crippen molar-refractivity contribution in [3.05, 3.63) is 24.2 Å². The Hall–Kier alpha value is -0.760. The van der Waals surface area contributed by atoms with Crippen LogP contribution in [0.4, 0.5) is 0 Å². The van der Waals surface area contributed by atoms with E-state index in [1.807, 2.05) is 12.1 Å². The van der Waals surface area contributed by atoms with E-state index in [-0.39, 0.29) is 0 Å². The summed E-state index contributed by atoms with van der Waals surface area (Å²) in [4.78, 5) is 0. The molecule has 0 spiro atoms. The summed E-state index contributed by atoms with van der Waals surface area (Å²) in [6.07, 6.45) is 10.3. The summed E-state index contributed by atoms with van der Waals surface area (Å²) in [6, 6.07) is 4.33. The number of nitrogens with one attached hydrogen (secondary N) is 1. The zero-order valence-corrected chi connectivity index (χ0v) is 10.2. The van der Waals surface area contributed by atoms with Gasteiger partial charge in [-0.3, -0.25) is 0 Å². The van der Waals surface area contributed by atoms with Crippen molar-refractivity contribution < 1.29 is 4.42 Å². The van der Waals surface area contributed by atoms with Crippen LogP contribution in [0.2, 0.25) is 0 Å². The highest BCUT2D eigenvalue weighted by Gasteiger charge is 2.14. The molecule has 1 saturated carbocycles. The lowest BCUT2D eigenvalue weighted by molar-refractivity contribution is 0.411. The molecule has 2 rings (SSSR count). The molecule has 1 heterocycles. The molecule has 1 aromatic rings. The lowest BCUT2D eigenvalue weighted by Crippen LogP contribution is -2.19. The van der Waals surface area contributed by atoms with Gasteiger partial charge < -0.3 is 9.73 Å². The molecular weight excluding hydrogens is 198 g/mol. The first-order chi connectivity index (χ1) is 7.86. The number of rotatable bonds is 6. The van der Waals surface area contributed by atoms with Gasteiger partial charge in [0.05, 0.1) is 12.3 Å². The van der Waals surface area contributed by atoms with Crippen molar-refractivity contribution in [2.24, 2.45) is 5.92 Å². The highest BCUT2D eigenvalue weighted by Crippen LogP contribution is 2.28. The highest BCUT2D eigenvalue weighted by atomic mass is 16.3. The largest absolute Gasteiger partial charge is 0.468 e. The van der Waals surface area contributed by atoms with Gasteiger partial charge in [0.1, 0.15) is 5.76 Å². The number of furan rings is 1. The van der Waals surface area contributed by atoms with Gasteiger partial charge in [-0.05, 0) is 44.4 Å². The van der Waals surface area contributed by atoms with E-state index in [2.05, 4.69) is 12.2 Å². The summed E-state index contributed by atoms with van der Waals surface area (Å²) in [5.41, 5.74) is 0. The number of hydrogen-bond acceptors (Lipinski definition) is 2. The van der Waals surface area contributed by atoms with Crippen molar-refractivity contribution in [3.63, 3.8) is 0 Å². The second kappa shape index (κ2) is 6.09. The zero-order chi connectivity index (χ0) is 11.2. The monoisotopic (exact) mass is 221 g/mol. The lowest BCUT2D eigenvalue weighted by Gasteiger charge is -2.12. The van der Waals surface area contributed by atoms with Crippen molar-refractivity contribution in [2.75, 3.05) is 6.54 Å². The average molecular weight is 221 g/mol. The second-order valence-electron chi connectivity index (χ2n) is 4.98. The topological polar surface area (TPSA) is 25.2 Å². The summed E-state index contributed by atoms with van der Waals surface area (Å²) in [7, 11) is 0. The highest BCUT2D eigenvalue weighted by molar-refractivity contribution is 5.02. The molecule has 1 N–H and O–H groups in total. The Labute approximate surface area is 98.4 Å². The molecule has 0 radical (unpaired) electrons. The van der Waals surface area contributed by atoms with E-state index in [1.165, 1.54) is 38.5 Å². The van der Waals surface area contributed by atoms with Gasteiger partial charge in [0.15, 0.2) is 0 Å². The van der Waals surface area contributed by atoms with E-state index in [0.717, 1.165) is 18.2 Å². The van der Waals surface area contributed by atoms with Crippen molar-refractivity contribution in [1.82, 2.24) is 5.32 Å². The minimum absolute atomic E-state index is 0.346. The van der Waals surface area contributed by atoms with Crippen molar-refractivity contribution in [2.45, 2.75) is 51.5 Å². The van der Waals surface area contributed by atoms with Gasteiger partial charge in [-0.15, -0.1) is 0 Å². The minimum atomic E-state index is 0.346. The van der Waals surface area contributed by atoms with Crippen LogP contribution in [0.5, 0.6) is 0 Å². The molecule has 2 nitrogen and oxygen atoms in total. The third-order valence-electron chi connectivity index (χ3n) is 3.68. The second-order valence-corrected chi connectivity index (χ2v) is 4.98. The maximum Gasteiger partial charge on any atom is 0.120 e. The van der Waals surface area contributed by atoms with Crippen LogP contribution in [-0.4, -0.2) is 6.54 Å². The minimum Gasteiger partial charge on any atom is -0.468 e. The van der Waals surface area contributed by atoms with Gasteiger partial charge in [-0.2, -0.15) is 0 Å². The summed E-state index contributed by atoms with van der Waals surface area (Å²) in [5.74, 6) is 2.06. The molecule has 1 unspecified atom stereocenters. The third-order valence-corrected chi connectivity index (χ3v) is 3.68. The Morgan fingerprint density at radius 3 is 2.94 bits per heavy atom. The summed E-state index contributed by atoms with van der Waals surface area (Å²) in [6.45, 7) is 3.27. The molecule has 90 valence electrons. The van der Waals surface area contributed by atoms with E-state index >= 15 is 0 Å². The Bertz CT molecular complexity index is 275. The summed E-state index contributed by atoms with van der Waals surface area (Å²) < 4.78 is 5.36. The molecule has 1 aromatic heterocycles. The van der Waals surface area contributed by atoms with Crippen molar-refractivity contribution >= 4 is 0 Å². The van der Waals surface area contributed by atoms with E-state index in [4.69, 9.17) is 4.42 Å². The van der Waals surface area contributed by atoms with Gasteiger partial charge >= 0.3 is 0 Å². The first-order valence-electron chi connectivity index (χ1n) is 6.63. The quantitative estimate of drug-likeness (QED) is 0.737. The Morgan fingerprint density at radius 1 is 1.44 bits per heavy atom. The van der Waals surface area contributed by atoms with E-state index in [9.17, 15) is 0 Å². The van der Waals surface area contributed by atoms with Crippen LogP contribution in [0.3, 0.4) is 0 Å². The summed E-state index contributed by atoms with van der Waals surface area (Å²) in [5, 5.41) is 3.52. The van der Waals surface area contributed by atoms with Gasteiger partial charge in [-0.25, -0.2) is 0 Å². The van der Waals surface area contributed by atoms with Crippen LogP contribution in [0, 0.1) is 5.92 Å². The molecule has 0 saturated heterocycles. The SMILES string of the molecule is CC(NCCCC1CCCC1)c1ccco1. The third kappa shape index (κ3) is 3.38. The van der Waals surface area contributed by atoms with E-state index in [0.29, 0.717) is 6.04 Å². The molecule has 1 aliphatic carbocycles. The van der Waals surface area contributed by atoms with E-state index in [1.54, 1.807) is 6.26 Å². The molecule has 0 aromatic carbocycles. The fourth-order valence-corrected chi connectivity index (χ4v) is 2.65. The molecule has 1 fully saturated rings. The molecule has 1 aliphatic rings.